The maximum atomic E-state index is 14.7. The van der Waals surface area contributed by atoms with Gasteiger partial charge in [-0.05, 0) is 44.5 Å². The number of halogens is 1. The number of nitrogens with one attached hydrogen (secondary N) is 2. The fourth-order valence-corrected chi connectivity index (χ4v) is 5.90. The molecule has 2 aliphatic rings. The van der Waals surface area contributed by atoms with Crippen LogP contribution in [0.3, 0.4) is 0 Å². The van der Waals surface area contributed by atoms with E-state index in [0.717, 1.165) is 63.4 Å². The second kappa shape index (κ2) is 12.2. The van der Waals surface area contributed by atoms with E-state index >= 15 is 0 Å². The van der Waals surface area contributed by atoms with E-state index in [4.69, 9.17) is 14.5 Å². The highest BCUT2D eigenvalue weighted by Gasteiger charge is 2.25. The maximum Gasteiger partial charge on any atom is 0.316 e. The van der Waals surface area contributed by atoms with E-state index < -0.39 is 11.7 Å². The van der Waals surface area contributed by atoms with Gasteiger partial charge in [0.25, 0.3) is 5.91 Å². The van der Waals surface area contributed by atoms with E-state index in [1.807, 2.05) is 6.07 Å². The molecule has 0 radical (unpaired) electrons. The summed E-state index contributed by atoms with van der Waals surface area (Å²) in [6, 6.07) is 7.54. The molecule has 42 heavy (non-hydrogen) atoms. The molecule has 2 aromatic heterocycles. The lowest BCUT2D eigenvalue weighted by Crippen LogP contribution is -2.54. The molecule has 2 fully saturated rings. The van der Waals surface area contributed by atoms with Crippen molar-refractivity contribution in [1.82, 2.24) is 30.0 Å². The van der Waals surface area contributed by atoms with E-state index in [2.05, 4.69) is 44.4 Å². The van der Waals surface area contributed by atoms with Crippen LogP contribution in [0.5, 0.6) is 6.01 Å². The number of morpholine rings is 1. The van der Waals surface area contributed by atoms with E-state index in [9.17, 15) is 9.18 Å². The minimum Gasteiger partial charge on any atom is -0.463 e. The highest BCUT2D eigenvalue weighted by Crippen LogP contribution is 2.31. The first-order valence-corrected chi connectivity index (χ1v) is 14.5. The number of piperazine rings is 1. The number of aromatic nitrogens is 4. The Balaban J connectivity index is 1.28. The molecule has 4 heterocycles. The zero-order chi connectivity index (χ0) is 29.2. The predicted octanol–water partition coefficient (Wildman–Crippen LogP) is 3.20. The molecular weight excluding hydrogens is 539 g/mol. The quantitative estimate of drug-likeness (QED) is 0.306. The lowest BCUT2D eigenvalue weighted by Gasteiger charge is -2.38. The number of amides is 1. The second-order valence-corrected chi connectivity index (χ2v) is 11.2. The van der Waals surface area contributed by atoms with Crippen molar-refractivity contribution in [2.75, 3.05) is 62.8 Å². The molecule has 11 nitrogen and oxygen atoms in total. The van der Waals surface area contributed by atoms with Crippen molar-refractivity contribution in [3.63, 3.8) is 0 Å². The fraction of sp³-hybridized carbons (Fsp3) is 0.467. The van der Waals surface area contributed by atoms with Gasteiger partial charge in [-0.2, -0.15) is 10.1 Å². The van der Waals surface area contributed by atoms with Gasteiger partial charge in [-0.15, -0.1) is 0 Å². The summed E-state index contributed by atoms with van der Waals surface area (Å²) < 4.78 is 27.6. The van der Waals surface area contributed by atoms with Crippen LogP contribution >= 0.6 is 0 Å². The Bertz CT molecular complexity index is 1580. The van der Waals surface area contributed by atoms with Crippen molar-refractivity contribution in [3.05, 3.63) is 48.0 Å². The van der Waals surface area contributed by atoms with Crippen LogP contribution < -0.4 is 20.3 Å². The highest BCUT2D eigenvalue weighted by atomic mass is 19.1. The Morgan fingerprint density at radius 2 is 1.95 bits per heavy atom. The van der Waals surface area contributed by atoms with Crippen molar-refractivity contribution in [1.29, 1.82) is 0 Å². The summed E-state index contributed by atoms with van der Waals surface area (Å²) in [7, 11) is 1.73. The fourth-order valence-electron chi connectivity index (χ4n) is 5.90. The maximum absolute atomic E-state index is 14.7. The van der Waals surface area contributed by atoms with E-state index in [1.165, 1.54) is 6.07 Å². The van der Waals surface area contributed by atoms with Gasteiger partial charge in [0.15, 0.2) is 5.82 Å². The number of aryl methyl sites for hydroxylation is 1. The summed E-state index contributed by atoms with van der Waals surface area (Å²) in [5, 5.41) is 11.9. The number of carbonyl (C=O) groups is 1. The van der Waals surface area contributed by atoms with Gasteiger partial charge < -0.3 is 25.0 Å². The third kappa shape index (κ3) is 6.15. The molecule has 2 N–H and O–H groups in total. The third-order valence-corrected chi connectivity index (χ3v) is 7.74. The Hall–Kier alpha value is -3.87. The van der Waals surface area contributed by atoms with Crippen LogP contribution in [0.25, 0.3) is 21.8 Å². The zero-order valence-corrected chi connectivity index (χ0v) is 24.3. The zero-order valence-electron chi connectivity index (χ0n) is 24.3. The summed E-state index contributed by atoms with van der Waals surface area (Å²) in [5.74, 6) is -0.895. The van der Waals surface area contributed by atoms with Gasteiger partial charge in [0, 0.05) is 86.4 Å². The lowest BCUT2D eigenvalue weighted by molar-refractivity contribution is 0.0356. The van der Waals surface area contributed by atoms with Crippen LogP contribution in [-0.4, -0.2) is 95.2 Å². The van der Waals surface area contributed by atoms with Crippen molar-refractivity contribution in [2.24, 2.45) is 7.05 Å². The van der Waals surface area contributed by atoms with Crippen molar-refractivity contribution in [3.8, 4) is 6.01 Å². The molecule has 12 heteroatoms. The summed E-state index contributed by atoms with van der Waals surface area (Å²) in [6.45, 7) is 10.7. The van der Waals surface area contributed by atoms with Crippen LogP contribution in [0.1, 0.15) is 30.6 Å². The minimum absolute atomic E-state index is 0.223. The van der Waals surface area contributed by atoms with Crippen LogP contribution in [-0.2, 0) is 11.8 Å². The molecule has 0 bridgehead atoms. The topological polar surface area (TPSA) is 110 Å². The van der Waals surface area contributed by atoms with Gasteiger partial charge in [-0.3, -0.25) is 14.4 Å². The average molecular weight is 577 g/mol. The van der Waals surface area contributed by atoms with Gasteiger partial charge >= 0.3 is 6.01 Å². The number of nitrogens with zero attached hydrogens (tertiary/aromatic N) is 6. The lowest BCUT2D eigenvalue weighted by atomic mass is 10.0. The number of rotatable bonds is 8. The number of anilines is 2. The molecule has 2 aliphatic heterocycles. The molecule has 6 rings (SSSR count). The number of benzene rings is 2. The largest absolute Gasteiger partial charge is 0.463 e. The van der Waals surface area contributed by atoms with Gasteiger partial charge in [0.2, 0.25) is 0 Å². The van der Waals surface area contributed by atoms with Gasteiger partial charge in [0.05, 0.1) is 30.9 Å². The normalized spacial score (nSPS) is 19.9. The van der Waals surface area contributed by atoms with Crippen LogP contribution in [0.2, 0.25) is 0 Å². The van der Waals surface area contributed by atoms with Gasteiger partial charge in [0.1, 0.15) is 5.52 Å². The molecule has 0 spiro atoms. The first kappa shape index (κ1) is 28.3. The van der Waals surface area contributed by atoms with Crippen LogP contribution in [0.15, 0.2) is 36.7 Å². The molecule has 2 saturated heterocycles. The molecule has 0 aliphatic carbocycles. The first-order chi connectivity index (χ1) is 20.3. The minimum atomic E-state index is -0.499. The van der Waals surface area contributed by atoms with Crippen molar-refractivity contribution < 1.29 is 18.7 Å². The average Bonchev–Trinajstić information content (AvgIpc) is 3.35. The first-order valence-electron chi connectivity index (χ1n) is 14.5. The summed E-state index contributed by atoms with van der Waals surface area (Å²) in [4.78, 5) is 27.5. The van der Waals surface area contributed by atoms with E-state index in [0.29, 0.717) is 40.8 Å². The summed E-state index contributed by atoms with van der Waals surface area (Å²) >= 11 is 0. The van der Waals surface area contributed by atoms with Gasteiger partial charge in [-0.25, -0.2) is 9.37 Å². The smallest absolute Gasteiger partial charge is 0.316 e. The number of hydrogen-bond donors (Lipinski definition) is 2. The second-order valence-electron chi connectivity index (χ2n) is 11.2. The number of fused-ring (bicyclic) bond motifs is 2. The van der Waals surface area contributed by atoms with Crippen molar-refractivity contribution >= 4 is 39.1 Å². The third-order valence-electron chi connectivity index (χ3n) is 7.74. The molecule has 1 amide bonds. The molecule has 0 unspecified atom stereocenters. The molecule has 222 valence electrons. The monoisotopic (exact) mass is 576 g/mol. The Kier molecular flexibility index (Phi) is 8.18. The molecule has 4 aromatic rings. The van der Waals surface area contributed by atoms with Crippen LogP contribution in [0.4, 0.5) is 15.8 Å². The van der Waals surface area contributed by atoms with Crippen LogP contribution in [0, 0.1) is 5.82 Å². The van der Waals surface area contributed by atoms with E-state index in [-0.39, 0.29) is 11.5 Å². The number of carbonyl (C=O) groups excluding carboxylic acids is 1. The Labute approximate surface area is 244 Å². The standard InChI is InChI=1S/C30H37FN8O3/c1-19-16-39(17-20(2)33-19)26-6-5-23(29(40)34-22-13-21-18-37(3)36-27(21)25(31)14-22)28-24(26)15-32-30(35-28)42-10-4-7-38-8-11-41-12-9-38/h5-6,13-15,18-20,33H,4,7-12,16-17H2,1-3H3,(H,34,40)/t19-,20-/m0/s1. The predicted molar refractivity (Wildman–Crippen MR) is 160 cm³/mol. The number of hydrogen-bond acceptors (Lipinski definition) is 9. The Morgan fingerprint density at radius 1 is 1.17 bits per heavy atom. The summed E-state index contributed by atoms with van der Waals surface area (Å²) in [6.07, 6.45) is 4.28. The molecule has 2 atom stereocenters. The highest BCUT2D eigenvalue weighted by molar-refractivity contribution is 6.14. The van der Waals surface area contributed by atoms with E-state index in [1.54, 1.807) is 36.3 Å². The molecular formula is C30H37FN8O3. The molecule has 0 saturated carbocycles. The SMILES string of the molecule is C[C@H]1CN(c2ccc(C(=O)Nc3cc(F)c4nn(C)cc4c3)c3nc(OCCCN4CCOCC4)ncc23)C[C@H](C)N1. The van der Waals surface area contributed by atoms with Crippen molar-refractivity contribution in [2.45, 2.75) is 32.4 Å². The number of ether oxygens (including phenoxy) is 2. The van der Waals surface area contributed by atoms with Gasteiger partial charge in [-0.1, -0.05) is 0 Å². The Morgan fingerprint density at radius 3 is 2.74 bits per heavy atom. The molecule has 2 aromatic carbocycles. The summed E-state index contributed by atoms with van der Waals surface area (Å²) in [5.41, 5.74) is 2.41.